The lowest BCUT2D eigenvalue weighted by atomic mass is 10.1. The lowest BCUT2D eigenvalue weighted by molar-refractivity contribution is 0.158. The van der Waals surface area contributed by atoms with Crippen LogP contribution in [0.15, 0.2) is 12.3 Å². The average Bonchev–Trinajstić information content (AvgIpc) is 2.18. The molecule has 0 amide bonds. The zero-order chi connectivity index (χ0) is 10.4. The highest BCUT2D eigenvalue weighted by Crippen LogP contribution is 2.17. The SMILES string of the molecule is CCCCCC(O)c1ccnc(C)n1. The van der Waals surface area contributed by atoms with Gasteiger partial charge in [0.05, 0.1) is 11.8 Å². The van der Waals surface area contributed by atoms with E-state index < -0.39 is 6.10 Å². The molecule has 0 saturated heterocycles. The molecule has 1 atom stereocenters. The Labute approximate surface area is 85.2 Å². The van der Waals surface area contributed by atoms with E-state index >= 15 is 0 Å². The second-order valence-electron chi connectivity index (χ2n) is 3.54. The fourth-order valence-electron chi connectivity index (χ4n) is 1.40. The van der Waals surface area contributed by atoms with Crippen molar-refractivity contribution in [2.45, 2.75) is 45.6 Å². The van der Waals surface area contributed by atoms with E-state index in [0.29, 0.717) is 0 Å². The molecule has 78 valence electrons. The smallest absolute Gasteiger partial charge is 0.125 e. The summed E-state index contributed by atoms with van der Waals surface area (Å²) in [6.45, 7) is 3.99. The first kappa shape index (κ1) is 11.1. The van der Waals surface area contributed by atoms with Gasteiger partial charge in [-0.1, -0.05) is 26.2 Å². The molecule has 1 aromatic heterocycles. The normalized spacial score (nSPS) is 12.8. The molecule has 1 rings (SSSR count). The van der Waals surface area contributed by atoms with E-state index in [1.165, 1.54) is 12.8 Å². The maximum absolute atomic E-state index is 9.78. The van der Waals surface area contributed by atoms with Crippen LogP contribution in [0.1, 0.15) is 50.2 Å². The van der Waals surface area contributed by atoms with E-state index in [1.54, 1.807) is 12.3 Å². The molecule has 3 heteroatoms. The number of aliphatic hydroxyl groups is 1. The van der Waals surface area contributed by atoms with Crippen molar-refractivity contribution in [3.8, 4) is 0 Å². The summed E-state index contributed by atoms with van der Waals surface area (Å²) in [5, 5.41) is 9.78. The molecule has 14 heavy (non-hydrogen) atoms. The first-order valence-corrected chi connectivity index (χ1v) is 5.21. The van der Waals surface area contributed by atoms with Gasteiger partial charge in [0.2, 0.25) is 0 Å². The first-order valence-electron chi connectivity index (χ1n) is 5.21. The maximum Gasteiger partial charge on any atom is 0.125 e. The predicted molar refractivity (Wildman–Crippen MR) is 55.9 cm³/mol. The average molecular weight is 194 g/mol. The van der Waals surface area contributed by atoms with Gasteiger partial charge in [0, 0.05) is 6.20 Å². The molecule has 0 aliphatic carbocycles. The molecule has 1 aromatic rings. The van der Waals surface area contributed by atoms with Crippen LogP contribution < -0.4 is 0 Å². The number of unbranched alkanes of at least 4 members (excludes halogenated alkanes) is 2. The number of aromatic nitrogens is 2. The Kier molecular flexibility index (Phi) is 4.53. The van der Waals surface area contributed by atoms with Crippen LogP contribution in [-0.2, 0) is 0 Å². The van der Waals surface area contributed by atoms with Crippen molar-refractivity contribution in [1.29, 1.82) is 0 Å². The van der Waals surface area contributed by atoms with Crippen LogP contribution >= 0.6 is 0 Å². The number of nitrogens with zero attached hydrogens (tertiary/aromatic N) is 2. The minimum absolute atomic E-state index is 0.428. The third-order valence-electron chi connectivity index (χ3n) is 2.22. The third kappa shape index (κ3) is 3.42. The lowest BCUT2D eigenvalue weighted by Gasteiger charge is -2.09. The van der Waals surface area contributed by atoms with Crippen molar-refractivity contribution in [3.05, 3.63) is 23.8 Å². The minimum Gasteiger partial charge on any atom is -0.387 e. The molecule has 0 aliphatic rings. The summed E-state index contributed by atoms with van der Waals surface area (Å²) < 4.78 is 0. The zero-order valence-corrected chi connectivity index (χ0v) is 8.90. The predicted octanol–water partition coefficient (Wildman–Crippen LogP) is 2.40. The molecule has 1 unspecified atom stereocenters. The maximum atomic E-state index is 9.78. The van der Waals surface area contributed by atoms with E-state index in [1.807, 2.05) is 6.92 Å². The summed E-state index contributed by atoms with van der Waals surface area (Å²) in [4.78, 5) is 8.19. The van der Waals surface area contributed by atoms with Gasteiger partial charge in [-0.2, -0.15) is 0 Å². The topological polar surface area (TPSA) is 46.0 Å². The van der Waals surface area contributed by atoms with Gasteiger partial charge in [-0.25, -0.2) is 9.97 Å². The molecule has 0 saturated carbocycles. The minimum atomic E-state index is -0.428. The summed E-state index contributed by atoms with van der Waals surface area (Å²) >= 11 is 0. The Morgan fingerprint density at radius 3 is 2.86 bits per heavy atom. The Morgan fingerprint density at radius 1 is 1.43 bits per heavy atom. The molecule has 0 spiro atoms. The highest BCUT2D eigenvalue weighted by Gasteiger charge is 2.08. The highest BCUT2D eigenvalue weighted by molar-refractivity contribution is 5.04. The van der Waals surface area contributed by atoms with Gasteiger partial charge in [0.1, 0.15) is 5.82 Å². The van der Waals surface area contributed by atoms with E-state index in [0.717, 1.165) is 24.4 Å². The number of hydrogen-bond donors (Lipinski definition) is 1. The van der Waals surface area contributed by atoms with E-state index in [2.05, 4.69) is 16.9 Å². The molecule has 0 aromatic carbocycles. The van der Waals surface area contributed by atoms with Crippen molar-refractivity contribution in [1.82, 2.24) is 9.97 Å². The highest BCUT2D eigenvalue weighted by atomic mass is 16.3. The van der Waals surface area contributed by atoms with Gasteiger partial charge in [-0.3, -0.25) is 0 Å². The Hall–Kier alpha value is -0.960. The van der Waals surface area contributed by atoms with E-state index in [9.17, 15) is 5.11 Å². The molecular formula is C11H18N2O. The van der Waals surface area contributed by atoms with Crippen molar-refractivity contribution >= 4 is 0 Å². The Morgan fingerprint density at radius 2 is 2.21 bits per heavy atom. The van der Waals surface area contributed by atoms with Gasteiger partial charge >= 0.3 is 0 Å². The van der Waals surface area contributed by atoms with Crippen molar-refractivity contribution in [2.75, 3.05) is 0 Å². The number of hydrogen-bond acceptors (Lipinski definition) is 3. The first-order chi connectivity index (χ1) is 6.74. The van der Waals surface area contributed by atoms with Crippen LogP contribution in [0, 0.1) is 6.92 Å². The standard InChI is InChI=1S/C11H18N2O/c1-3-4-5-6-11(14)10-7-8-12-9(2)13-10/h7-8,11,14H,3-6H2,1-2H3. The molecule has 1 heterocycles. The van der Waals surface area contributed by atoms with Crippen LogP contribution in [0.3, 0.4) is 0 Å². The number of aliphatic hydroxyl groups excluding tert-OH is 1. The molecule has 3 nitrogen and oxygen atoms in total. The van der Waals surface area contributed by atoms with Gasteiger partial charge < -0.3 is 5.11 Å². The molecule has 0 aliphatic heterocycles. The molecule has 0 radical (unpaired) electrons. The monoisotopic (exact) mass is 194 g/mol. The Bertz CT molecular complexity index is 276. The molecule has 1 N–H and O–H groups in total. The van der Waals surface area contributed by atoms with Crippen LogP contribution in [0.2, 0.25) is 0 Å². The van der Waals surface area contributed by atoms with Crippen LogP contribution in [0.4, 0.5) is 0 Å². The zero-order valence-electron chi connectivity index (χ0n) is 8.90. The summed E-state index contributed by atoms with van der Waals surface area (Å²) in [6.07, 6.45) is 5.46. The third-order valence-corrected chi connectivity index (χ3v) is 2.22. The van der Waals surface area contributed by atoms with Crippen molar-refractivity contribution in [2.24, 2.45) is 0 Å². The van der Waals surface area contributed by atoms with Crippen molar-refractivity contribution < 1.29 is 5.11 Å². The van der Waals surface area contributed by atoms with E-state index in [4.69, 9.17) is 0 Å². The number of aryl methyl sites for hydroxylation is 1. The fraction of sp³-hybridized carbons (Fsp3) is 0.636. The van der Waals surface area contributed by atoms with Gasteiger partial charge in [0.25, 0.3) is 0 Å². The van der Waals surface area contributed by atoms with Crippen LogP contribution in [-0.4, -0.2) is 15.1 Å². The van der Waals surface area contributed by atoms with Gasteiger partial charge in [0.15, 0.2) is 0 Å². The number of rotatable bonds is 5. The quantitative estimate of drug-likeness (QED) is 0.732. The molecular weight excluding hydrogens is 176 g/mol. The lowest BCUT2D eigenvalue weighted by Crippen LogP contribution is -2.02. The summed E-state index contributed by atoms with van der Waals surface area (Å²) in [7, 11) is 0. The summed E-state index contributed by atoms with van der Waals surface area (Å²) in [5.41, 5.74) is 0.744. The summed E-state index contributed by atoms with van der Waals surface area (Å²) in [6, 6.07) is 1.78. The van der Waals surface area contributed by atoms with Crippen molar-refractivity contribution in [3.63, 3.8) is 0 Å². The fourth-order valence-corrected chi connectivity index (χ4v) is 1.40. The second kappa shape index (κ2) is 5.70. The molecule has 0 fully saturated rings. The second-order valence-corrected chi connectivity index (χ2v) is 3.54. The summed E-state index contributed by atoms with van der Waals surface area (Å²) in [5.74, 6) is 0.719. The molecule has 0 bridgehead atoms. The van der Waals surface area contributed by atoms with Gasteiger partial charge in [-0.15, -0.1) is 0 Å². The van der Waals surface area contributed by atoms with Crippen LogP contribution in [0.25, 0.3) is 0 Å². The Balaban J connectivity index is 2.47. The van der Waals surface area contributed by atoms with Gasteiger partial charge in [-0.05, 0) is 19.4 Å². The largest absolute Gasteiger partial charge is 0.387 e. The van der Waals surface area contributed by atoms with E-state index in [-0.39, 0.29) is 0 Å². The van der Waals surface area contributed by atoms with Crippen LogP contribution in [0.5, 0.6) is 0 Å².